The van der Waals surface area contributed by atoms with Crippen molar-refractivity contribution in [3.63, 3.8) is 0 Å². The van der Waals surface area contributed by atoms with Crippen LogP contribution in [0.2, 0.25) is 0 Å². The summed E-state index contributed by atoms with van der Waals surface area (Å²) in [6.45, 7) is 8.85. The van der Waals surface area contributed by atoms with Crippen molar-refractivity contribution in [1.29, 1.82) is 0 Å². The molecule has 0 saturated carbocycles. The SMILES string of the molecule is CCOC1CCCN(c2cc(NN)nc(C(C)C)n2)C1. The van der Waals surface area contributed by atoms with Crippen molar-refractivity contribution in [2.45, 2.75) is 45.6 Å². The Kier molecular flexibility index (Phi) is 5.14. The van der Waals surface area contributed by atoms with Crippen LogP contribution in [-0.4, -0.2) is 35.8 Å². The van der Waals surface area contributed by atoms with Crippen LogP contribution >= 0.6 is 0 Å². The minimum absolute atomic E-state index is 0.273. The summed E-state index contributed by atoms with van der Waals surface area (Å²) in [5, 5.41) is 0. The Morgan fingerprint density at radius 1 is 1.50 bits per heavy atom. The first-order chi connectivity index (χ1) is 9.63. The van der Waals surface area contributed by atoms with Crippen molar-refractivity contribution in [2.24, 2.45) is 5.84 Å². The third kappa shape index (κ3) is 3.58. The van der Waals surface area contributed by atoms with Crippen LogP contribution in [0.25, 0.3) is 0 Å². The number of anilines is 2. The molecule has 1 aliphatic rings. The highest BCUT2D eigenvalue weighted by molar-refractivity contribution is 5.49. The topological polar surface area (TPSA) is 76.3 Å². The first-order valence-corrected chi connectivity index (χ1v) is 7.36. The minimum Gasteiger partial charge on any atom is -0.377 e. The summed E-state index contributed by atoms with van der Waals surface area (Å²) >= 11 is 0. The zero-order valence-corrected chi connectivity index (χ0v) is 12.6. The molecular formula is C14H25N5O. The zero-order valence-electron chi connectivity index (χ0n) is 12.6. The number of aromatic nitrogens is 2. The van der Waals surface area contributed by atoms with Crippen LogP contribution in [0, 0.1) is 0 Å². The van der Waals surface area contributed by atoms with Crippen LogP contribution in [0.3, 0.4) is 0 Å². The lowest BCUT2D eigenvalue weighted by molar-refractivity contribution is 0.0525. The lowest BCUT2D eigenvalue weighted by Gasteiger charge is -2.33. The Bertz CT molecular complexity index is 436. The zero-order chi connectivity index (χ0) is 14.5. The van der Waals surface area contributed by atoms with Gasteiger partial charge in [0.05, 0.1) is 6.10 Å². The molecule has 1 unspecified atom stereocenters. The number of hydrazine groups is 1. The minimum atomic E-state index is 0.273. The van der Waals surface area contributed by atoms with Crippen LogP contribution in [0.1, 0.15) is 45.4 Å². The molecule has 0 spiro atoms. The number of rotatable bonds is 5. The Hall–Kier alpha value is -1.40. The molecule has 0 aliphatic carbocycles. The molecule has 1 aromatic rings. The molecule has 0 amide bonds. The van der Waals surface area contributed by atoms with Gasteiger partial charge in [0.2, 0.25) is 0 Å². The van der Waals surface area contributed by atoms with Crippen LogP contribution in [0.4, 0.5) is 11.6 Å². The van der Waals surface area contributed by atoms with Gasteiger partial charge in [0.1, 0.15) is 17.5 Å². The Morgan fingerprint density at radius 2 is 2.30 bits per heavy atom. The maximum Gasteiger partial charge on any atom is 0.145 e. The third-order valence-electron chi connectivity index (χ3n) is 3.50. The van der Waals surface area contributed by atoms with E-state index in [4.69, 9.17) is 10.6 Å². The number of nitrogens with two attached hydrogens (primary N) is 1. The second-order valence-corrected chi connectivity index (χ2v) is 5.43. The van der Waals surface area contributed by atoms with Gasteiger partial charge in [-0.25, -0.2) is 15.8 Å². The van der Waals surface area contributed by atoms with Gasteiger partial charge in [-0.15, -0.1) is 0 Å². The summed E-state index contributed by atoms with van der Waals surface area (Å²) < 4.78 is 5.74. The van der Waals surface area contributed by atoms with Gasteiger partial charge in [0, 0.05) is 31.7 Å². The third-order valence-corrected chi connectivity index (χ3v) is 3.50. The smallest absolute Gasteiger partial charge is 0.145 e. The summed E-state index contributed by atoms with van der Waals surface area (Å²) in [7, 11) is 0. The van der Waals surface area contributed by atoms with Crippen molar-refractivity contribution in [3.8, 4) is 0 Å². The number of ether oxygens (including phenoxy) is 1. The fourth-order valence-corrected chi connectivity index (χ4v) is 2.46. The summed E-state index contributed by atoms with van der Waals surface area (Å²) in [5.74, 6) is 8.19. The molecular weight excluding hydrogens is 254 g/mol. The summed E-state index contributed by atoms with van der Waals surface area (Å²) in [4.78, 5) is 11.3. The molecule has 0 bridgehead atoms. The van der Waals surface area contributed by atoms with Crippen molar-refractivity contribution in [1.82, 2.24) is 9.97 Å². The van der Waals surface area contributed by atoms with E-state index in [9.17, 15) is 0 Å². The normalized spacial score (nSPS) is 19.4. The van der Waals surface area contributed by atoms with Crippen LogP contribution in [0.15, 0.2) is 6.07 Å². The molecule has 2 heterocycles. The maximum absolute atomic E-state index is 5.74. The predicted molar refractivity (Wildman–Crippen MR) is 80.8 cm³/mol. The van der Waals surface area contributed by atoms with Crippen molar-refractivity contribution < 1.29 is 4.74 Å². The number of piperidine rings is 1. The summed E-state index contributed by atoms with van der Waals surface area (Å²) in [6, 6.07) is 1.90. The molecule has 1 aliphatic heterocycles. The molecule has 20 heavy (non-hydrogen) atoms. The molecule has 1 atom stereocenters. The van der Waals surface area contributed by atoms with Gasteiger partial charge in [0.25, 0.3) is 0 Å². The van der Waals surface area contributed by atoms with E-state index in [0.29, 0.717) is 11.9 Å². The van der Waals surface area contributed by atoms with E-state index in [1.807, 2.05) is 13.0 Å². The number of hydrogen-bond donors (Lipinski definition) is 2. The number of nitrogens with one attached hydrogen (secondary N) is 1. The molecule has 1 aromatic heterocycles. The molecule has 3 N–H and O–H groups in total. The quantitative estimate of drug-likeness (QED) is 0.633. The van der Waals surface area contributed by atoms with E-state index in [2.05, 4.69) is 34.1 Å². The number of hydrogen-bond acceptors (Lipinski definition) is 6. The van der Waals surface area contributed by atoms with Gasteiger partial charge in [-0.1, -0.05) is 13.8 Å². The van der Waals surface area contributed by atoms with Crippen LogP contribution in [0.5, 0.6) is 0 Å². The monoisotopic (exact) mass is 279 g/mol. The van der Waals surface area contributed by atoms with E-state index in [1.165, 1.54) is 0 Å². The van der Waals surface area contributed by atoms with E-state index in [1.54, 1.807) is 0 Å². The van der Waals surface area contributed by atoms with Crippen molar-refractivity contribution in [2.75, 3.05) is 30.0 Å². The number of nitrogen functional groups attached to an aromatic ring is 1. The van der Waals surface area contributed by atoms with Crippen molar-refractivity contribution >= 4 is 11.6 Å². The predicted octanol–water partition coefficient (Wildman–Crippen LogP) is 1.89. The Morgan fingerprint density at radius 3 is 2.95 bits per heavy atom. The van der Waals surface area contributed by atoms with E-state index >= 15 is 0 Å². The lowest BCUT2D eigenvalue weighted by atomic mass is 10.1. The molecule has 6 heteroatoms. The molecule has 1 saturated heterocycles. The van der Waals surface area contributed by atoms with Crippen LogP contribution in [-0.2, 0) is 4.74 Å². The van der Waals surface area contributed by atoms with E-state index in [0.717, 1.165) is 44.2 Å². The largest absolute Gasteiger partial charge is 0.377 e. The van der Waals surface area contributed by atoms with Gasteiger partial charge in [0.15, 0.2) is 0 Å². The highest BCUT2D eigenvalue weighted by atomic mass is 16.5. The Labute approximate surface area is 120 Å². The molecule has 0 aromatic carbocycles. The standard InChI is InChI=1S/C14H25N5O/c1-4-20-11-6-5-7-19(9-11)13-8-12(18-15)16-14(17-13)10(2)3/h8,10-11H,4-7,9,15H2,1-3H3,(H,16,17,18). The van der Waals surface area contributed by atoms with Gasteiger partial charge in [-0.2, -0.15) is 0 Å². The summed E-state index contributed by atoms with van der Waals surface area (Å²) in [5.41, 5.74) is 2.63. The second kappa shape index (κ2) is 6.85. The van der Waals surface area contributed by atoms with Gasteiger partial charge in [-0.05, 0) is 19.8 Å². The fourth-order valence-electron chi connectivity index (χ4n) is 2.46. The van der Waals surface area contributed by atoms with Crippen molar-refractivity contribution in [3.05, 3.63) is 11.9 Å². The average molecular weight is 279 g/mol. The number of nitrogens with zero attached hydrogens (tertiary/aromatic N) is 3. The highest BCUT2D eigenvalue weighted by Gasteiger charge is 2.22. The van der Waals surface area contributed by atoms with Gasteiger partial charge in [-0.3, -0.25) is 0 Å². The Balaban J connectivity index is 2.20. The lowest BCUT2D eigenvalue weighted by Crippen LogP contribution is -2.40. The average Bonchev–Trinajstić information content (AvgIpc) is 2.47. The van der Waals surface area contributed by atoms with Gasteiger partial charge < -0.3 is 15.1 Å². The first kappa shape index (κ1) is 15.0. The highest BCUT2D eigenvalue weighted by Crippen LogP contribution is 2.23. The summed E-state index contributed by atoms with van der Waals surface area (Å²) in [6.07, 6.45) is 2.53. The molecule has 0 radical (unpaired) electrons. The molecule has 112 valence electrons. The first-order valence-electron chi connectivity index (χ1n) is 7.36. The maximum atomic E-state index is 5.74. The van der Waals surface area contributed by atoms with E-state index < -0.39 is 0 Å². The second-order valence-electron chi connectivity index (χ2n) is 5.43. The fraction of sp³-hybridized carbons (Fsp3) is 0.714. The van der Waals surface area contributed by atoms with Gasteiger partial charge >= 0.3 is 0 Å². The van der Waals surface area contributed by atoms with E-state index in [-0.39, 0.29) is 5.92 Å². The molecule has 1 fully saturated rings. The molecule has 2 rings (SSSR count). The van der Waals surface area contributed by atoms with Crippen LogP contribution < -0.4 is 16.2 Å². The molecule has 6 nitrogen and oxygen atoms in total.